The van der Waals surface area contributed by atoms with Crippen LogP contribution in [0.1, 0.15) is 37.3 Å². The van der Waals surface area contributed by atoms with Crippen molar-refractivity contribution in [3.8, 4) is 0 Å². The molecule has 2 aliphatic carbocycles. The number of nitrogens with zero attached hydrogens (tertiary/aromatic N) is 4. The van der Waals surface area contributed by atoms with Crippen molar-refractivity contribution in [2.24, 2.45) is 5.41 Å². The summed E-state index contributed by atoms with van der Waals surface area (Å²) >= 11 is 0. The Morgan fingerprint density at radius 2 is 2.21 bits per heavy atom. The maximum atomic E-state index is 11.4. The summed E-state index contributed by atoms with van der Waals surface area (Å²) in [6.07, 6.45) is 5.52. The average molecular weight is 326 g/mol. The summed E-state index contributed by atoms with van der Waals surface area (Å²) in [5.41, 5.74) is 0.564. The molecular weight excluding hydrogens is 308 g/mol. The second-order valence-electron chi connectivity index (χ2n) is 7.13. The van der Waals surface area contributed by atoms with Crippen LogP contribution in [0, 0.1) is 5.41 Å². The predicted octanol–water partition coefficient (Wildman–Crippen LogP) is 1.87. The molecule has 8 nitrogen and oxygen atoms in total. The molecule has 0 aromatic carbocycles. The third kappa shape index (κ3) is 2.05. The van der Waals surface area contributed by atoms with Crippen molar-refractivity contribution in [3.05, 3.63) is 24.0 Å². The molecule has 2 bridgehead atoms. The molecule has 3 N–H and O–H groups in total. The highest BCUT2D eigenvalue weighted by Gasteiger charge is 2.60. The number of fused-ring (bicyclic) bond motifs is 1. The van der Waals surface area contributed by atoms with Crippen LogP contribution >= 0.6 is 0 Å². The molecule has 0 amide bonds. The molecule has 2 aromatic heterocycles. The molecule has 4 heterocycles. The van der Waals surface area contributed by atoms with Crippen molar-refractivity contribution in [2.45, 2.75) is 37.6 Å². The van der Waals surface area contributed by atoms with Crippen LogP contribution in [-0.2, 0) is 4.79 Å². The highest BCUT2D eigenvalue weighted by Crippen LogP contribution is 2.52. The van der Waals surface area contributed by atoms with E-state index in [1.54, 1.807) is 12.3 Å². The normalized spacial score (nSPS) is 27.8. The first-order chi connectivity index (χ1) is 11.6. The summed E-state index contributed by atoms with van der Waals surface area (Å²) in [6.45, 7) is 0.491. The molecule has 0 radical (unpaired) electrons. The maximum Gasteiger partial charge on any atom is 0.311 e. The van der Waals surface area contributed by atoms with E-state index in [-0.39, 0.29) is 6.04 Å². The Balaban J connectivity index is 1.34. The smallest absolute Gasteiger partial charge is 0.311 e. The first-order valence-electron chi connectivity index (χ1n) is 8.28. The highest BCUT2D eigenvalue weighted by atomic mass is 16.4. The van der Waals surface area contributed by atoms with Crippen molar-refractivity contribution in [1.82, 2.24) is 20.2 Å². The Morgan fingerprint density at radius 1 is 1.38 bits per heavy atom. The summed E-state index contributed by atoms with van der Waals surface area (Å²) < 4.78 is 0. The molecule has 0 atom stereocenters. The molecule has 8 heteroatoms. The van der Waals surface area contributed by atoms with Crippen LogP contribution in [0.4, 0.5) is 17.6 Å². The number of hydrogen-bond donors (Lipinski definition) is 3. The fourth-order valence-corrected chi connectivity index (χ4v) is 3.81. The van der Waals surface area contributed by atoms with Crippen LogP contribution in [0.5, 0.6) is 0 Å². The second-order valence-corrected chi connectivity index (χ2v) is 7.13. The summed E-state index contributed by atoms with van der Waals surface area (Å²) in [7, 11) is 0. The first-order valence-corrected chi connectivity index (χ1v) is 8.28. The third-order valence-electron chi connectivity index (χ3n) is 5.39. The van der Waals surface area contributed by atoms with E-state index in [0.29, 0.717) is 37.1 Å². The Kier molecular flexibility index (Phi) is 2.69. The summed E-state index contributed by atoms with van der Waals surface area (Å²) in [5, 5.41) is 19.9. The van der Waals surface area contributed by atoms with Crippen molar-refractivity contribution in [2.75, 3.05) is 16.8 Å². The van der Waals surface area contributed by atoms with E-state index in [1.165, 1.54) is 12.8 Å². The van der Waals surface area contributed by atoms with Crippen LogP contribution < -0.4 is 10.2 Å². The van der Waals surface area contributed by atoms with Gasteiger partial charge in [0.2, 0.25) is 5.95 Å². The van der Waals surface area contributed by atoms with Crippen LogP contribution in [0.15, 0.2) is 18.3 Å². The molecule has 4 aliphatic rings. The fourth-order valence-electron chi connectivity index (χ4n) is 3.81. The van der Waals surface area contributed by atoms with Gasteiger partial charge in [0.05, 0.1) is 5.41 Å². The number of aliphatic carboxylic acids is 1. The Bertz CT molecular complexity index is 808. The summed E-state index contributed by atoms with van der Waals surface area (Å²) in [4.78, 5) is 22.3. The van der Waals surface area contributed by atoms with E-state index >= 15 is 0 Å². The monoisotopic (exact) mass is 326 g/mol. The lowest BCUT2D eigenvalue weighted by Crippen LogP contribution is -2.40. The SMILES string of the molecule is O=C(O)C12CC(C1)N(c1nccc(Nc3cc(C4CC4)[nH]n3)n1)C2. The lowest BCUT2D eigenvalue weighted by molar-refractivity contribution is -0.150. The predicted molar refractivity (Wildman–Crippen MR) is 86.3 cm³/mol. The van der Waals surface area contributed by atoms with Crippen LogP contribution in [-0.4, -0.2) is 43.8 Å². The van der Waals surface area contributed by atoms with Gasteiger partial charge in [0.25, 0.3) is 0 Å². The maximum absolute atomic E-state index is 11.4. The van der Waals surface area contributed by atoms with Crippen LogP contribution in [0.3, 0.4) is 0 Å². The topological polar surface area (TPSA) is 107 Å². The molecule has 0 spiro atoms. The van der Waals surface area contributed by atoms with Gasteiger partial charge in [-0.2, -0.15) is 10.1 Å². The molecule has 6 rings (SSSR count). The highest BCUT2D eigenvalue weighted by molar-refractivity contribution is 5.79. The number of aromatic nitrogens is 4. The van der Waals surface area contributed by atoms with Gasteiger partial charge in [-0.15, -0.1) is 0 Å². The fraction of sp³-hybridized carbons (Fsp3) is 0.500. The van der Waals surface area contributed by atoms with Gasteiger partial charge < -0.3 is 15.3 Å². The summed E-state index contributed by atoms with van der Waals surface area (Å²) in [6, 6.07) is 4.05. The zero-order valence-corrected chi connectivity index (χ0v) is 13.1. The van der Waals surface area contributed by atoms with Gasteiger partial charge in [0, 0.05) is 36.5 Å². The van der Waals surface area contributed by atoms with Crippen molar-refractivity contribution < 1.29 is 9.90 Å². The number of anilines is 3. The average Bonchev–Trinajstić information content (AvgIpc) is 3.01. The molecule has 0 unspecified atom stereocenters. The molecule has 4 fully saturated rings. The first kappa shape index (κ1) is 13.8. The van der Waals surface area contributed by atoms with Gasteiger partial charge in [0.1, 0.15) is 5.82 Å². The van der Waals surface area contributed by atoms with Gasteiger partial charge in [-0.3, -0.25) is 9.89 Å². The molecule has 2 aliphatic heterocycles. The zero-order valence-electron chi connectivity index (χ0n) is 13.1. The van der Waals surface area contributed by atoms with E-state index in [1.807, 2.05) is 11.0 Å². The third-order valence-corrected chi connectivity index (χ3v) is 5.39. The number of hydrogen-bond acceptors (Lipinski definition) is 6. The minimum Gasteiger partial charge on any atom is -0.481 e. The van der Waals surface area contributed by atoms with E-state index in [9.17, 15) is 9.90 Å². The van der Waals surface area contributed by atoms with Crippen molar-refractivity contribution >= 4 is 23.6 Å². The van der Waals surface area contributed by atoms with E-state index in [2.05, 4.69) is 25.5 Å². The summed E-state index contributed by atoms with van der Waals surface area (Å²) in [5.74, 6) is 1.91. The molecule has 24 heavy (non-hydrogen) atoms. The number of carbonyl (C=O) groups is 1. The van der Waals surface area contributed by atoms with E-state index in [0.717, 1.165) is 11.5 Å². The molecule has 2 aromatic rings. The van der Waals surface area contributed by atoms with Crippen LogP contribution in [0.25, 0.3) is 0 Å². The van der Waals surface area contributed by atoms with Gasteiger partial charge >= 0.3 is 5.97 Å². The number of carboxylic acid groups (broad SMARTS) is 1. The van der Waals surface area contributed by atoms with Crippen LogP contribution in [0.2, 0.25) is 0 Å². The quantitative estimate of drug-likeness (QED) is 0.770. The van der Waals surface area contributed by atoms with E-state index < -0.39 is 11.4 Å². The Labute approximate surface area is 138 Å². The van der Waals surface area contributed by atoms with Crippen molar-refractivity contribution in [3.63, 3.8) is 0 Å². The lowest BCUT2D eigenvalue weighted by atomic mass is 9.70. The van der Waals surface area contributed by atoms with Gasteiger partial charge in [-0.25, -0.2) is 4.98 Å². The molecule has 2 saturated heterocycles. The second kappa shape index (κ2) is 4.68. The van der Waals surface area contributed by atoms with E-state index in [4.69, 9.17) is 0 Å². The zero-order chi connectivity index (χ0) is 16.3. The minimum absolute atomic E-state index is 0.239. The molecule has 2 saturated carbocycles. The Hall–Kier alpha value is -2.64. The number of nitrogens with one attached hydrogen (secondary N) is 2. The largest absolute Gasteiger partial charge is 0.481 e. The van der Waals surface area contributed by atoms with Gasteiger partial charge in [0.15, 0.2) is 5.82 Å². The standard InChI is InChI=1S/C16H18N6O2/c23-14(24)16-6-10(7-16)22(8-16)15-17-4-3-12(19-15)18-13-5-11(20-21-13)9-1-2-9/h3-5,9-10H,1-2,6-8H2,(H,23,24)(H2,17,18,19,20,21). The van der Waals surface area contributed by atoms with Crippen molar-refractivity contribution in [1.29, 1.82) is 0 Å². The molecular formula is C16H18N6O2. The number of carboxylic acids is 1. The Morgan fingerprint density at radius 3 is 2.92 bits per heavy atom. The number of H-pyrrole nitrogens is 1. The van der Waals surface area contributed by atoms with Gasteiger partial charge in [-0.1, -0.05) is 0 Å². The number of aromatic amines is 1. The lowest BCUT2D eigenvalue weighted by Gasteiger charge is -2.32. The molecule has 124 valence electrons. The van der Waals surface area contributed by atoms with Gasteiger partial charge in [-0.05, 0) is 31.7 Å². The minimum atomic E-state index is -0.709. The number of rotatable bonds is 5.